The van der Waals surface area contributed by atoms with Crippen LogP contribution in [-0.2, 0) is 13.6 Å². The van der Waals surface area contributed by atoms with Crippen molar-refractivity contribution < 1.29 is 4.74 Å². The van der Waals surface area contributed by atoms with Crippen molar-refractivity contribution in [2.75, 3.05) is 20.2 Å². The number of guanidine groups is 1. The van der Waals surface area contributed by atoms with Crippen LogP contribution >= 0.6 is 24.0 Å². The summed E-state index contributed by atoms with van der Waals surface area (Å²) in [5, 5.41) is 0. The first kappa shape index (κ1) is 18.8. The quantitative estimate of drug-likeness (QED) is 0.450. The number of nitrogens with zero attached hydrogens (tertiary/aromatic N) is 4. The molecule has 2 N–H and O–H groups in total. The van der Waals surface area contributed by atoms with Crippen molar-refractivity contribution in [3.05, 3.63) is 24.0 Å². The Bertz CT molecular complexity index is 727. The van der Waals surface area contributed by atoms with Gasteiger partial charge < -0.3 is 19.9 Å². The lowest BCUT2D eigenvalue weighted by Gasteiger charge is -2.31. The number of hydrogen-bond donors (Lipinski definition) is 1. The third-order valence-electron chi connectivity index (χ3n) is 4.54. The normalized spacial score (nSPS) is 18.5. The number of benzene rings is 1. The number of aromatic nitrogens is 2. The van der Waals surface area contributed by atoms with Gasteiger partial charge >= 0.3 is 0 Å². The number of rotatable bonds is 3. The Labute approximate surface area is 160 Å². The fourth-order valence-electron chi connectivity index (χ4n) is 3.15. The zero-order chi connectivity index (χ0) is 16.4. The van der Waals surface area contributed by atoms with Crippen LogP contribution in [0.2, 0.25) is 0 Å². The third kappa shape index (κ3) is 3.93. The molecular formula is C17H26IN5O. The minimum atomic E-state index is 0. The molecule has 7 heteroatoms. The SMILES string of the molecule is COc1ccc2c(c1)nc(CN=C(N)N1CCCC(C)C1)n2C.I. The van der Waals surface area contributed by atoms with Crippen molar-refractivity contribution >= 4 is 41.0 Å². The van der Waals surface area contributed by atoms with Gasteiger partial charge in [-0.3, -0.25) is 0 Å². The Morgan fingerprint density at radius 1 is 1.46 bits per heavy atom. The van der Waals surface area contributed by atoms with E-state index in [2.05, 4.69) is 26.4 Å². The van der Waals surface area contributed by atoms with Gasteiger partial charge in [-0.2, -0.15) is 0 Å². The summed E-state index contributed by atoms with van der Waals surface area (Å²) in [5.41, 5.74) is 8.16. The summed E-state index contributed by atoms with van der Waals surface area (Å²) >= 11 is 0. The summed E-state index contributed by atoms with van der Waals surface area (Å²) < 4.78 is 7.32. The standard InChI is InChI=1S/C17H25N5O.HI/c1-12-5-4-8-22(11-12)17(18)19-10-16-20-14-9-13(23-3)6-7-15(14)21(16)2;/h6-7,9,12H,4-5,8,10-11H2,1-3H3,(H2,18,19);1H. The largest absolute Gasteiger partial charge is 0.497 e. The predicted molar refractivity (Wildman–Crippen MR) is 108 cm³/mol. The van der Waals surface area contributed by atoms with Gasteiger partial charge in [-0.15, -0.1) is 24.0 Å². The van der Waals surface area contributed by atoms with Crippen LogP contribution in [0.25, 0.3) is 11.0 Å². The average molecular weight is 443 g/mol. The van der Waals surface area contributed by atoms with E-state index >= 15 is 0 Å². The van der Waals surface area contributed by atoms with Gasteiger partial charge in [-0.25, -0.2) is 9.98 Å². The zero-order valence-corrected chi connectivity index (χ0v) is 16.9. The Hall–Kier alpha value is -1.51. The van der Waals surface area contributed by atoms with Crippen LogP contribution < -0.4 is 10.5 Å². The number of ether oxygens (including phenoxy) is 1. The summed E-state index contributed by atoms with van der Waals surface area (Å²) in [4.78, 5) is 11.4. The molecule has 0 aliphatic carbocycles. The van der Waals surface area contributed by atoms with Crippen LogP contribution in [-0.4, -0.2) is 40.6 Å². The average Bonchev–Trinajstić information content (AvgIpc) is 2.88. The van der Waals surface area contributed by atoms with Gasteiger partial charge in [0.25, 0.3) is 0 Å². The van der Waals surface area contributed by atoms with Crippen molar-refractivity contribution in [1.82, 2.24) is 14.5 Å². The van der Waals surface area contributed by atoms with E-state index in [1.807, 2.05) is 25.2 Å². The number of imidazole rings is 1. The van der Waals surface area contributed by atoms with E-state index in [1.54, 1.807) is 7.11 Å². The lowest BCUT2D eigenvalue weighted by atomic mass is 10.0. The van der Waals surface area contributed by atoms with Gasteiger partial charge in [0.05, 0.1) is 18.1 Å². The van der Waals surface area contributed by atoms with Crippen LogP contribution in [0.1, 0.15) is 25.6 Å². The summed E-state index contributed by atoms with van der Waals surface area (Å²) in [5.74, 6) is 3.02. The molecule has 1 aliphatic heterocycles. The van der Waals surface area contributed by atoms with E-state index in [1.165, 1.54) is 12.8 Å². The van der Waals surface area contributed by atoms with Gasteiger partial charge in [0.1, 0.15) is 18.1 Å². The minimum Gasteiger partial charge on any atom is -0.497 e. The van der Waals surface area contributed by atoms with Crippen LogP contribution in [0.4, 0.5) is 0 Å². The molecule has 1 unspecified atom stereocenters. The van der Waals surface area contributed by atoms with Crippen molar-refractivity contribution in [2.45, 2.75) is 26.3 Å². The van der Waals surface area contributed by atoms with Crippen molar-refractivity contribution in [1.29, 1.82) is 0 Å². The molecule has 3 rings (SSSR count). The van der Waals surface area contributed by atoms with Gasteiger partial charge in [0, 0.05) is 26.2 Å². The second-order valence-corrected chi connectivity index (χ2v) is 6.31. The molecule has 0 bridgehead atoms. The molecule has 0 spiro atoms. The van der Waals surface area contributed by atoms with Gasteiger partial charge in [-0.05, 0) is 30.9 Å². The maximum Gasteiger partial charge on any atom is 0.191 e. The molecule has 132 valence electrons. The van der Waals surface area contributed by atoms with Gasteiger partial charge in [0.2, 0.25) is 0 Å². The van der Waals surface area contributed by atoms with Crippen LogP contribution in [0, 0.1) is 5.92 Å². The van der Waals surface area contributed by atoms with E-state index in [0.29, 0.717) is 18.4 Å². The molecule has 2 aromatic rings. The highest BCUT2D eigenvalue weighted by Gasteiger charge is 2.17. The fourth-order valence-corrected chi connectivity index (χ4v) is 3.15. The van der Waals surface area contributed by atoms with Gasteiger partial charge in [0.15, 0.2) is 5.96 Å². The number of methoxy groups -OCH3 is 1. The van der Waals surface area contributed by atoms with E-state index < -0.39 is 0 Å². The maximum absolute atomic E-state index is 6.17. The number of hydrogen-bond acceptors (Lipinski definition) is 3. The highest BCUT2D eigenvalue weighted by Crippen LogP contribution is 2.21. The van der Waals surface area contributed by atoms with E-state index in [9.17, 15) is 0 Å². The molecule has 1 aromatic carbocycles. The molecule has 0 radical (unpaired) electrons. The smallest absolute Gasteiger partial charge is 0.191 e. The first-order valence-electron chi connectivity index (χ1n) is 8.12. The summed E-state index contributed by atoms with van der Waals surface area (Å²) in [6.45, 7) is 4.75. The second kappa shape index (κ2) is 8.04. The molecule has 24 heavy (non-hydrogen) atoms. The molecular weight excluding hydrogens is 417 g/mol. The molecule has 1 fully saturated rings. The van der Waals surface area contributed by atoms with E-state index in [-0.39, 0.29) is 24.0 Å². The Morgan fingerprint density at radius 3 is 2.96 bits per heavy atom. The Kier molecular flexibility index (Phi) is 6.31. The van der Waals surface area contributed by atoms with Crippen LogP contribution in [0.5, 0.6) is 5.75 Å². The van der Waals surface area contributed by atoms with Crippen molar-refractivity contribution in [3.8, 4) is 5.75 Å². The molecule has 1 aliphatic rings. The first-order chi connectivity index (χ1) is 11.1. The fraction of sp³-hybridized carbons (Fsp3) is 0.529. The summed E-state index contributed by atoms with van der Waals surface area (Å²) in [7, 11) is 3.67. The second-order valence-electron chi connectivity index (χ2n) is 6.31. The number of halogens is 1. The predicted octanol–water partition coefficient (Wildman–Crippen LogP) is 2.75. The summed E-state index contributed by atoms with van der Waals surface area (Å²) in [6.07, 6.45) is 2.46. The Balaban J connectivity index is 0.00000208. The lowest BCUT2D eigenvalue weighted by molar-refractivity contribution is 0.270. The van der Waals surface area contributed by atoms with E-state index in [0.717, 1.165) is 35.7 Å². The van der Waals surface area contributed by atoms with Crippen LogP contribution in [0.3, 0.4) is 0 Å². The molecule has 6 nitrogen and oxygen atoms in total. The number of likely N-dealkylation sites (tertiary alicyclic amines) is 1. The van der Waals surface area contributed by atoms with Crippen molar-refractivity contribution in [2.24, 2.45) is 23.7 Å². The molecule has 1 saturated heterocycles. The number of nitrogens with two attached hydrogens (primary N) is 1. The topological polar surface area (TPSA) is 68.7 Å². The lowest BCUT2D eigenvalue weighted by Crippen LogP contribution is -2.43. The number of fused-ring (bicyclic) bond motifs is 1. The number of piperidine rings is 1. The van der Waals surface area contributed by atoms with Gasteiger partial charge in [-0.1, -0.05) is 6.92 Å². The van der Waals surface area contributed by atoms with Crippen LogP contribution in [0.15, 0.2) is 23.2 Å². The molecule has 2 heterocycles. The summed E-state index contributed by atoms with van der Waals surface area (Å²) in [6, 6.07) is 5.91. The maximum atomic E-state index is 6.17. The molecule has 0 amide bonds. The Morgan fingerprint density at radius 2 is 2.25 bits per heavy atom. The molecule has 1 aromatic heterocycles. The monoisotopic (exact) mass is 443 g/mol. The highest BCUT2D eigenvalue weighted by molar-refractivity contribution is 14.0. The number of aliphatic imine (C=N–C) groups is 1. The highest BCUT2D eigenvalue weighted by atomic mass is 127. The number of aryl methyl sites for hydroxylation is 1. The van der Waals surface area contributed by atoms with E-state index in [4.69, 9.17) is 10.5 Å². The molecule has 1 atom stereocenters. The van der Waals surface area contributed by atoms with Crippen molar-refractivity contribution in [3.63, 3.8) is 0 Å². The first-order valence-corrected chi connectivity index (χ1v) is 8.12. The zero-order valence-electron chi connectivity index (χ0n) is 14.5. The third-order valence-corrected chi connectivity index (χ3v) is 4.54. The molecule has 0 saturated carbocycles. The minimum absolute atomic E-state index is 0.